The molecule has 124 valence electrons. The van der Waals surface area contributed by atoms with Crippen LogP contribution in [0.4, 0.5) is 9.52 Å². The van der Waals surface area contributed by atoms with Crippen LogP contribution in [0.5, 0.6) is 0 Å². The molecular weight excluding hydrogens is 347 g/mol. The van der Waals surface area contributed by atoms with E-state index in [1.54, 1.807) is 19.1 Å². The number of aromatic nitrogens is 3. The lowest BCUT2D eigenvalue weighted by molar-refractivity contribution is 0.102. The highest BCUT2D eigenvalue weighted by Gasteiger charge is 2.18. The molecular formula is C16H15FN4OS2. The van der Waals surface area contributed by atoms with Gasteiger partial charge >= 0.3 is 0 Å². The SMILES string of the molecule is CCCc1nnc(NC(=O)c2sc(-c3ccc(F)cc3)nc2C)s1. The van der Waals surface area contributed by atoms with Gasteiger partial charge in [0.05, 0.1) is 5.69 Å². The third kappa shape index (κ3) is 3.65. The van der Waals surface area contributed by atoms with Crippen LogP contribution in [0.1, 0.15) is 33.7 Å². The van der Waals surface area contributed by atoms with Gasteiger partial charge in [-0.25, -0.2) is 9.37 Å². The van der Waals surface area contributed by atoms with Crippen LogP contribution in [0.25, 0.3) is 10.6 Å². The smallest absolute Gasteiger partial charge is 0.269 e. The molecule has 2 aromatic heterocycles. The zero-order chi connectivity index (χ0) is 17.1. The number of halogens is 1. The Balaban J connectivity index is 1.78. The van der Waals surface area contributed by atoms with Crippen LogP contribution < -0.4 is 5.32 Å². The molecule has 24 heavy (non-hydrogen) atoms. The van der Waals surface area contributed by atoms with E-state index in [4.69, 9.17) is 0 Å². The van der Waals surface area contributed by atoms with Crippen LogP contribution in [0, 0.1) is 12.7 Å². The monoisotopic (exact) mass is 362 g/mol. The molecule has 0 unspecified atom stereocenters. The quantitative estimate of drug-likeness (QED) is 0.734. The van der Waals surface area contributed by atoms with E-state index in [2.05, 4.69) is 27.4 Å². The average Bonchev–Trinajstić information content (AvgIpc) is 3.15. The highest BCUT2D eigenvalue weighted by Crippen LogP contribution is 2.29. The van der Waals surface area contributed by atoms with Gasteiger partial charge < -0.3 is 0 Å². The molecule has 1 aromatic carbocycles. The van der Waals surface area contributed by atoms with Gasteiger partial charge in [0.25, 0.3) is 5.91 Å². The molecule has 0 atom stereocenters. The number of nitrogens with one attached hydrogen (secondary N) is 1. The summed E-state index contributed by atoms with van der Waals surface area (Å²) in [6.45, 7) is 3.85. The fraction of sp³-hybridized carbons (Fsp3) is 0.250. The standard InChI is InChI=1S/C16H15FN4OS2/c1-3-4-12-20-21-16(23-12)19-14(22)13-9(2)18-15(24-13)10-5-7-11(17)8-6-10/h5-8H,3-4H2,1-2H3,(H,19,21,22). The molecule has 0 bridgehead atoms. The van der Waals surface area contributed by atoms with Crippen LogP contribution in [-0.2, 0) is 6.42 Å². The molecule has 8 heteroatoms. The first kappa shape index (κ1) is 16.7. The van der Waals surface area contributed by atoms with Crippen molar-refractivity contribution in [3.63, 3.8) is 0 Å². The molecule has 0 spiro atoms. The molecule has 0 aliphatic heterocycles. The summed E-state index contributed by atoms with van der Waals surface area (Å²) < 4.78 is 13.0. The van der Waals surface area contributed by atoms with Crippen LogP contribution in [0.2, 0.25) is 0 Å². The van der Waals surface area contributed by atoms with Gasteiger partial charge in [-0.3, -0.25) is 10.1 Å². The summed E-state index contributed by atoms with van der Waals surface area (Å²) in [5, 5.41) is 12.9. The van der Waals surface area contributed by atoms with Gasteiger partial charge in [0.15, 0.2) is 0 Å². The molecule has 0 fully saturated rings. The number of hydrogen-bond donors (Lipinski definition) is 1. The number of thiazole rings is 1. The van der Waals surface area contributed by atoms with E-state index in [0.29, 0.717) is 20.7 Å². The molecule has 0 aliphatic rings. The first-order valence-corrected chi connectivity index (χ1v) is 9.07. The largest absolute Gasteiger partial charge is 0.296 e. The number of rotatable bonds is 5. The Morgan fingerprint density at radius 3 is 2.67 bits per heavy atom. The van der Waals surface area contributed by atoms with Crippen LogP contribution in [0.3, 0.4) is 0 Å². The minimum absolute atomic E-state index is 0.252. The third-order valence-corrected chi connectivity index (χ3v) is 5.35. The number of carbonyl (C=O) groups is 1. The van der Waals surface area contributed by atoms with Crippen molar-refractivity contribution in [1.82, 2.24) is 15.2 Å². The van der Waals surface area contributed by atoms with Gasteiger partial charge in [-0.2, -0.15) is 0 Å². The molecule has 2 heterocycles. The minimum Gasteiger partial charge on any atom is -0.296 e. The Morgan fingerprint density at radius 1 is 1.21 bits per heavy atom. The Labute approximate surface area is 146 Å². The fourth-order valence-corrected chi connectivity index (χ4v) is 3.90. The lowest BCUT2D eigenvalue weighted by atomic mass is 10.2. The number of nitrogens with zero attached hydrogens (tertiary/aromatic N) is 3. The Bertz CT molecular complexity index is 857. The molecule has 0 aliphatic carbocycles. The van der Waals surface area contributed by atoms with Crippen molar-refractivity contribution in [1.29, 1.82) is 0 Å². The summed E-state index contributed by atoms with van der Waals surface area (Å²) in [6, 6.07) is 6.05. The highest BCUT2D eigenvalue weighted by atomic mass is 32.1. The van der Waals surface area contributed by atoms with E-state index in [0.717, 1.165) is 23.4 Å². The molecule has 1 N–H and O–H groups in total. The van der Waals surface area contributed by atoms with Gasteiger partial charge in [-0.15, -0.1) is 21.5 Å². The summed E-state index contributed by atoms with van der Waals surface area (Å²) in [5.41, 5.74) is 1.42. The minimum atomic E-state index is -0.302. The summed E-state index contributed by atoms with van der Waals surface area (Å²) in [7, 11) is 0. The predicted octanol–water partition coefficient (Wildman–Crippen LogP) is 4.31. The molecule has 1 amide bonds. The number of hydrogen-bond acceptors (Lipinski definition) is 6. The zero-order valence-electron chi connectivity index (χ0n) is 13.2. The van der Waals surface area contributed by atoms with Crippen molar-refractivity contribution in [3.05, 3.63) is 45.7 Å². The topological polar surface area (TPSA) is 67.8 Å². The summed E-state index contributed by atoms with van der Waals surface area (Å²) >= 11 is 2.65. The van der Waals surface area contributed by atoms with E-state index in [1.807, 2.05) is 0 Å². The van der Waals surface area contributed by atoms with E-state index >= 15 is 0 Å². The van der Waals surface area contributed by atoms with E-state index in [1.165, 1.54) is 34.8 Å². The van der Waals surface area contributed by atoms with Crippen molar-refractivity contribution in [2.24, 2.45) is 0 Å². The van der Waals surface area contributed by atoms with Gasteiger partial charge in [0.1, 0.15) is 20.7 Å². The summed E-state index contributed by atoms with van der Waals surface area (Å²) in [4.78, 5) is 17.4. The van der Waals surface area contributed by atoms with Crippen molar-refractivity contribution in [2.75, 3.05) is 5.32 Å². The molecule has 5 nitrogen and oxygen atoms in total. The van der Waals surface area contributed by atoms with E-state index in [-0.39, 0.29) is 11.7 Å². The number of aryl methyl sites for hydroxylation is 2. The van der Waals surface area contributed by atoms with Crippen molar-refractivity contribution in [3.8, 4) is 10.6 Å². The molecule has 3 rings (SSSR count). The first-order valence-electron chi connectivity index (χ1n) is 7.44. The lowest BCUT2D eigenvalue weighted by Gasteiger charge is -1.98. The van der Waals surface area contributed by atoms with Gasteiger partial charge in [-0.1, -0.05) is 18.3 Å². The summed E-state index contributed by atoms with van der Waals surface area (Å²) in [6.07, 6.45) is 1.83. The fourth-order valence-electron chi connectivity index (χ4n) is 2.10. The van der Waals surface area contributed by atoms with E-state index < -0.39 is 0 Å². The number of amides is 1. The molecule has 0 saturated heterocycles. The number of benzene rings is 1. The van der Waals surface area contributed by atoms with Crippen LogP contribution >= 0.6 is 22.7 Å². The second-order valence-electron chi connectivity index (χ2n) is 5.15. The van der Waals surface area contributed by atoms with Gasteiger partial charge in [0, 0.05) is 12.0 Å². The second kappa shape index (κ2) is 7.14. The maximum absolute atomic E-state index is 13.0. The Morgan fingerprint density at radius 2 is 1.96 bits per heavy atom. The van der Waals surface area contributed by atoms with Gasteiger partial charge in [0.2, 0.25) is 5.13 Å². The summed E-state index contributed by atoms with van der Waals surface area (Å²) in [5.74, 6) is -0.554. The maximum Gasteiger partial charge on any atom is 0.269 e. The lowest BCUT2D eigenvalue weighted by Crippen LogP contribution is -2.11. The normalized spacial score (nSPS) is 10.8. The molecule has 0 saturated carbocycles. The predicted molar refractivity (Wildman–Crippen MR) is 94.1 cm³/mol. The number of anilines is 1. The third-order valence-electron chi connectivity index (χ3n) is 3.25. The zero-order valence-corrected chi connectivity index (χ0v) is 14.8. The van der Waals surface area contributed by atoms with Crippen molar-refractivity contribution in [2.45, 2.75) is 26.7 Å². The van der Waals surface area contributed by atoms with Gasteiger partial charge in [-0.05, 0) is 37.6 Å². The van der Waals surface area contributed by atoms with Crippen molar-refractivity contribution < 1.29 is 9.18 Å². The Kier molecular flexibility index (Phi) is 4.96. The molecule has 0 radical (unpaired) electrons. The molecule has 3 aromatic rings. The Hall–Kier alpha value is -2.19. The van der Waals surface area contributed by atoms with Crippen LogP contribution in [0.15, 0.2) is 24.3 Å². The van der Waals surface area contributed by atoms with Crippen molar-refractivity contribution >= 4 is 33.7 Å². The second-order valence-corrected chi connectivity index (χ2v) is 7.21. The maximum atomic E-state index is 13.0. The number of carbonyl (C=O) groups excluding carboxylic acids is 1. The highest BCUT2D eigenvalue weighted by molar-refractivity contribution is 7.17. The average molecular weight is 362 g/mol. The van der Waals surface area contributed by atoms with E-state index in [9.17, 15) is 9.18 Å². The van der Waals surface area contributed by atoms with Crippen LogP contribution in [-0.4, -0.2) is 21.1 Å². The first-order chi connectivity index (χ1) is 11.6.